The molecule has 2 rings (SSSR count). The number of carbonyl (C=O) groups is 1. The molecule has 0 aliphatic carbocycles. The van der Waals surface area contributed by atoms with Gasteiger partial charge in [0.05, 0.1) is 14.9 Å². The lowest BCUT2D eigenvalue weighted by atomic mass is 10.2. The first kappa shape index (κ1) is 19.6. The van der Waals surface area contributed by atoms with Crippen molar-refractivity contribution in [2.45, 2.75) is 14.7 Å². The zero-order chi connectivity index (χ0) is 18.8. The molecule has 6 nitrogen and oxygen atoms in total. The summed E-state index contributed by atoms with van der Waals surface area (Å²) in [5.74, 6) is -1.15. The van der Waals surface area contributed by atoms with Gasteiger partial charge in [-0.25, -0.2) is 8.42 Å². The Kier molecular flexibility index (Phi) is 5.99. The van der Waals surface area contributed by atoms with Crippen LogP contribution in [0.4, 0.5) is 0 Å². The average molecular weight is 418 g/mol. The van der Waals surface area contributed by atoms with Gasteiger partial charge in [-0.1, -0.05) is 41.0 Å². The summed E-state index contributed by atoms with van der Waals surface area (Å²) in [4.78, 5) is 16.2. The summed E-state index contributed by atoms with van der Waals surface area (Å²) in [6, 6.07) is 9.10. The number of amides is 1. The number of halogens is 2. The zero-order valence-electron chi connectivity index (χ0n) is 12.9. The van der Waals surface area contributed by atoms with Crippen LogP contribution in [0.2, 0.25) is 10.0 Å². The van der Waals surface area contributed by atoms with Gasteiger partial charge >= 0.3 is 0 Å². The van der Waals surface area contributed by atoms with Crippen molar-refractivity contribution in [2.75, 3.05) is 6.26 Å². The molecule has 0 saturated heterocycles. The van der Waals surface area contributed by atoms with Crippen molar-refractivity contribution >= 4 is 56.7 Å². The van der Waals surface area contributed by atoms with Crippen LogP contribution in [0.25, 0.3) is 0 Å². The van der Waals surface area contributed by atoms with Crippen molar-refractivity contribution in [3.05, 3.63) is 52.0 Å². The molecule has 0 fully saturated rings. The van der Waals surface area contributed by atoms with Crippen LogP contribution in [-0.4, -0.2) is 26.5 Å². The second-order valence-electron chi connectivity index (χ2n) is 4.93. The first-order chi connectivity index (χ1) is 11.6. The lowest BCUT2D eigenvalue weighted by Crippen LogP contribution is -2.24. The van der Waals surface area contributed by atoms with Crippen LogP contribution in [-0.2, 0) is 9.84 Å². The van der Waals surface area contributed by atoms with Gasteiger partial charge in [0, 0.05) is 21.6 Å². The molecule has 132 valence electrons. The molecule has 0 atom stereocenters. The van der Waals surface area contributed by atoms with Crippen LogP contribution < -0.4 is 11.5 Å². The molecule has 10 heteroatoms. The van der Waals surface area contributed by atoms with Crippen molar-refractivity contribution in [1.82, 2.24) is 0 Å². The van der Waals surface area contributed by atoms with E-state index in [9.17, 15) is 13.2 Å². The van der Waals surface area contributed by atoms with E-state index in [1.807, 2.05) is 0 Å². The highest BCUT2D eigenvalue weighted by molar-refractivity contribution is 8.00. The fourth-order valence-corrected chi connectivity index (χ4v) is 4.72. The Morgan fingerprint density at radius 2 is 1.72 bits per heavy atom. The molecule has 0 saturated carbocycles. The minimum Gasteiger partial charge on any atom is -0.370 e. The zero-order valence-corrected chi connectivity index (χ0v) is 16.0. The molecule has 2 aromatic carbocycles. The van der Waals surface area contributed by atoms with Crippen molar-refractivity contribution in [3.63, 3.8) is 0 Å². The first-order valence-corrected chi connectivity index (χ1v) is 10.2. The molecule has 0 aromatic heterocycles. The van der Waals surface area contributed by atoms with Gasteiger partial charge in [-0.3, -0.25) is 4.79 Å². The average Bonchev–Trinajstić information content (AvgIpc) is 2.49. The molecule has 0 heterocycles. The second kappa shape index (κ2) is 7.65. The lowest BCUT2D eigenvalue weighted by molar-refractivity contribution is 0.100. The maximum absolute atomic E-state index is 12.1. The minimum absolute atomic E-state index is 0.0448. The molecular weight excluding hydrogens is 405 g/mol. The summed E-state index contributed by atoms with van der Waals surface area (Å²) in [7, 11) is -3.63. The van der Waals surface area contributed by atoms with E-state index in [4.69, 9.17) is 34.7 Å². The maximum atomic E-state index is 12.1. The van der Waals surface area contributed by atoms with Gasteiger partial charge in [-0.15, -0.1) is 0 Å². The second-order valence-corrected chi connectivity index (χ2v) is 8.78. The number of rotatable bonds is 4. The number of benzene rings is 2. The Labute approximate surface area is 159 Å². The van der Waals surface area contributed by atoms with Gasteiger partial charge in [0.2, 0.25) is 0 Å². The summed E-state index contributed by atoms with van der Waals surface area (Å²) >= 11 is 13.4. The van der Waals surface area contributed by atoms with E-state index in [0.717, 1.165) is 18.0 Å². The highest BCUT2D eigenvalue weighted by Crippen LogP contribution is 2.41. The molecule has 0 aliphatic heterocycles. The SMILES string of the molecule is CS(=O)(=O)c1cc(C(=O)N=C(N)N)ccc1Sc1c(Cl)cccc1Cl. The monoisotopic (exact) mass is 417 g/mol. The van der Waals surface area contributed by atoms with E-state index in [0.29, 0.717) is 19.8 Å². The third-order valence-electron chi connectivity index (χ3n) is 2.95. The molecule has 0 bridgehead atoms. The number of guanidine groups is 1. The normalized spacial score (nSPS) is 11.2. The molecular formula is C15H13Cl2N3O3S2. The Bertz CT molecular complexity index is 952. The summed E-state index contributed by atoms with van der Waals surface area (Å²) in [6.45, 7) is 0. The summed E-state index contributed by atoms with van der Waals surface area (Å²) in [6.07, 6.45) is 1.04. The molecule has 1 amide bonds. The van der Waals surface area contributed by atoms with E-state index in [1.54, 1.807) is 18.2 Å². The number of hydrogen-bond donors (Lipinski definition) is 2. The largest absolute Gasteiger partial charge is 0.370 e. The van der Waals surface area contributed by atoms with Crippen LogP contribution in [0.1, 0.15) is 10.4 Å². The van der Waals surface area contributed by atoms with E-state index in [-0.39, 0.29) is 10.5 Å². The fraction of sp³-hybridized carbons (Fsp3) is 0.0667. The van der Waals surface area contributed by atoms with E-state index in [1.165, 1.54) is 18.2 Å². The number of carbonyl (C=O) groups excluding carboxylic acids is 1. The van der Waals surface area contributed by atoms with Crippen molar-refractivity contribution in [2.24, 2.45) is 16.5 Å². The van der Waals surface area contributed by atoms with Crippen molar-refractivity contribution in [3.8, 4) is 0 Å². The molecule has 0 spiro atoms. The number of hydrogen-bond acceptors (Lipinski definition) is 4. The standard InChI is InChI=1S/C15H13Cl2N3O3S2/c1-25(22,23)12-7-8(14(21)20-15(18)19)5-6-11(12)24-13-9(16)3-2-4-10(13)17/h2-7H,1H3,(H4,18,19,20,21). The van der Waals surface area contributed by atoms with E-state index >= 15 is 0 Å². The third-order valence-corrected chi connectivity index (χ3v) is 6.29. The quantitative estimate of drug-likeness (QED) is 0.583. The topological polar surface area (TPSA) is 116 Å². The van der Waals surface area contributed by atoms with Crippen LogP contribution >= 0.6 is 35.0 Å². The summed E-state index contributed by atoms with van der Waals surface area (Å²) in [5.41, 5.74) is 10.4. The Morgan fingerprint density at radius 3 is 2.24 bits per heavy atom. The lowest BCUT2D eigenvalue weighted by Gasteiger charge is -2.11. The van der Waals surface area contributed by atoms with Crippen molar-refractivity contribution in [1.29, 1.82) is 0 Å². The van der Waals surface area contributed by atoms with Gasteiger partial charge in [0.15, 0.2) is 15.8 Å². The van der Waals surface area contributed by atoms with Crippen molar-refractivity contribution < 1.29 is 13.2 Å². The van der Waals surface area contributed by atoms with Gasteiger partial charge in [0.1, 0.15) is 0 Å². The molecule has 0 radical (unpaired) electrons. The number of nitrogens with two attached hydrogens (primary N) is 2. The van der Waals surface area contributed by atoms with Crippen LogP contribution in [0.15, 0.2) is 56.1 Å². The fourth-order valence-electron chi connectivity index (χ4n) is 1.89. The number of sulfone groups is 1. The van der Waals surface area contributed by atoms with E-state index in [2.05, 4.69) is 4.99 Å². The molecule has 0 aliphatic rings. The highest BCUT2D eigenvalue weighted by atomic mass is 35.5. The minimum atomic E-state index is -3.63. The molecule has 0 unspecified atom stereocenters. The smallest absolute Gasteiger partial charge is 0.280 e. The van der Waals surface area contributed by atoms with Crippen LogP contribution in [0, 0.1) is 0 Å². The predicted molar refractivity (Wildman–Crippen MR) is 100 cm³/mol. The Balaban J connectivity index is 2.56. The molecule has 2 aromatic rings. The highest BCUT2D eigenvalue weighted by Gasteiger charge is 2.19. The maximum Gasteiger partial charge on any atom is 0.280 e. The van der Waals surface area contributed by atoms with Crippen LogP contribution in [0.3, 0.4) is 0 Å². The van der Waals surface area contributed by atoms with Crippen LogP contribution in [0.5, 0.6) is 0 Å². The Hall–Kier alpha value is -1.74. The first-order valence-electron chi connectivity index (χ1n) is 6.69. The molecule has 25 heavy (non-hydrogen) atoms. The predicted octanol–water partition coefficient (Wildman–Crippen LogP) is 2.96. The molecule has 4 N–H and O–H groups in total. The number of nitrogens with zero attached hydrogens (tertiary/aromatic N) is 1. The third kappa shape index (κ3) is 4.88. The number of aliphatic imine (C=N–C) groups is 1. The van der Waals surface area contributed by atoms with Gasteiger partial charge < -0.3 is 11.5 Å². The van der Waals surface area contributed by atoms with Gasteiger partial charge in [-0.2, -0.15) is 4.99 Å². The Morgan fingerprint density at radius 1 is 1.12 bits per heavy atom. The summed E-state index contributed by atoms with van der Waals surface area (Å²) < 4.78 is 24.3. The van der Waals surface area contributed by atoms with E-state index < -0.39 is 21.7 Å². The van der Waals surface area contributed by atoms with Gasteiger partial charge in [0.25, 0.3) is 5.91 Å². The van der Waals surface area contributed by atoms with Gasteiger partial charge in [-0.05, 0) is 30.3 Å². The summed E-state index contributed by atoms with van der Waals surface area (Å²) in [5, 5.41) is 0.773.